The molecule has 6 heteroatoms. The molecule has 112 valence electrons. The Morgan fingerprint density at radius 2 is 2.05 bits per heavy atom. The summed E-state index contributed by atoms with van der Waals surface area (Å²) < 4.78 is 0. The molecule has 1 aliphatic rings. The summed E-state index contributed by atoms with van der Waals surface area (Å²) >= 11 is 11.9. The number of benzene rings is 1. The second-order valence-electron chi connectivity index (χ2n) is 5.83. The minimum absolute atomic E-state index is 0. The Balaban J connectivity index is 0.00000200. The van der Waals surface area contributed by atoms with Crippen LogP contribution in [0, 0.1) is 5.92 Å². The van der Waals surface area contributed by atoms with Crippen LogP contribution in [0.1, 0.15) is 31.7 Å². The average Bonchev–Trinajstić information content (AvgIpc) is 3.09. The van der Waals surface area contributed by atoms with Gasteiger partial charge in [-0.15, -0.1) is 12.4 Å². The van der Waals surface area contributed by atoms with E-state index in [0.717, 1.165) is 12.0 Å². The Morgan fingerprint density at radius 1 is 1.40 bits per heavy atom. The van der Waals surface area contributed by atoms with Gasteiger partial charge in [0.2, 0.25) is 5.91 Å². The zero-order chi connectivity index (χ0) is 14.2. The molecule has 0 aromatic heterocycles. The fourth-order valence-electron chi connectivity index (χ4n) is 2.04. The van der Waals surface area contributed by atoms with Gasteiger partial charge in [-0.2, -0.15) is 0 Å². The maximum absolute atomic E-state index is 12.0. The number of hydrogen-bond acceptors (Lipinski definition) is 2. The van der Waals surface area contributed by atoms with Gasteiger partial charge >= 0.3 is 0 Å². The summed E-state index contributed by atoms with van der Waals surface area (Å²) in [5.41, 5.74) is 6.53. The normalized spacial score (nSPS) is 21.1. The summed E-state index contributed by atoms with van der Waals surface area (Å²) in [5, 5.41) is 3.96. The lowest BCUT2D eigenvalue weighted by Crippen LogP contribution is -2.45. The quantitative estimate of drug-likeness (QED) is 0.885. The molecule has 2 atom stereocenters. The van der Waals surface area contributed by atoms with E-state index in [1.807, 2.05) is 26.0 Å². The third-order valence-corrected chi connectivity index (χ3v) is 3.96. The van der Waals surface area contributed by atoms with Gasteiger partial charge in [-0.1, -0.05) is 29.3 Å². The minimum atomic E-state index is -0.385. The van der Waals surface area contributed by atoms with Crippen LogP contribution in [0.25, 0.3) is 0 Å². The molecule has 0 bridgehead atoms. The highest BCUT2D eigenvalue weighted by molar-refractivity contribution is 6.42. The van der Waals surface area contributed by atoms with Crippen molar-refractivity contribution in [3.05, 3.63) is 33.8 Å². The van der Waals surface area contributed by atoms with Crippen molar-refractivity contribution in [2.45, 2.75) is 31.7 Å². The first-order valence-electron chi connectivity index (χ1n) is 6.29. The highest BCUT2D eigenvalue weighted by Crippen LogP contribution is 2.48. The molecule has 20 heavy (non-hydrogen) atoms. The van der Waals surface area contributed by atoms with Crippen LogP contribution >= 0.6 is 35.6 Å². The Morgan fingerprint density at radius 3 is 2.60 bits per heavy atom. The first kappa shape index (κ1) is 17.6. The summed E-state index contributed by atoms with van der Waals surface area (Å²) in [7, 11) is 0. The molecule has 1 saturated carbocycles. The van der Waals surface area contributed by atoms with Gasteiger partial charge in [0.25, 0.3) is 0 Å². The SMILES string of the molecule is CC(C)(N)CNC(=O)C1CC1c1ccc(Cl)c(Cl)c1.Cl. The minimum Gasteiger partial charge on any atom is -0.354 e. The van der Waals surface area contributed by atoms with Gasteiger partial charge in [0, 0.05) is 18.0 Å². The topological polar surface area (TPSA) is 55.1 Å². The highest BCUT2D eigenvalue weighted by atomic mass is 35.5. The van der Waals surface area contributed by atoms with E-state index in [-0.39, 0.29) is 35.7 Å². The molecule has 3 nitrogen and oxygen atoms in total. The lowest BCUT2D eigenvalue weighted by atomic mass is 10.1. The molecule has 0 spiro atoms. The van der Waals surface area contributed by atoms with E-state index >= 15 is 0 Å². The van der Waals surface area contributed by atoms with E-state index in [9.17, 15) is 4.79 Å². The number of carbonyl (C=O) groups is 1. The van der Waals surface area contributed by atoms with Gasteiger partial charge in [0.1, 0.15) is 0 Å². The van der Waals surface area contributed by atoms with Crippen molar-refractivity contribution in [3.63, 3.8) is 0 Å². The molecular formula is C14H19Cl3N2O. The molecule has 1 aromatic rings. The summed E-state index contributed by atoms with van der Waals surface area (Å²) in [4.78, 5) is 12.0. The predicted molar refractivity (Wildman–Crippen MR) is 85.8 cm³/mol. The molecule has 1 aliphatic carbocycles. The third kappa shape index (κ3) is 4.52. The Labute approximate surface area is 135 Å². The molecule has 0 saturated heterocycles. The van der Waals surface area contributed by atoms with Crippen molar-refractivity contribution < 1.29 is 4.79 Å². The van der Waals surface area contributed by atoms with Gasteiger partial charge in [-0.05, 0) is 43.9 Å². The van der Waals surface area contributed by atoms with E-state index in [2.05, 4.69) is 5.32 Å². The summed E-state index contributed by atoms with van der Waals surface area (Å²) in [6.45, 7) is 4.25. The molecule has 1 fully saturated rings. The lowest BCUT2D eigenvalue weighted by Gasteiger charge is -2.18. The number of nitrogens with two attached hydrogens (primary N) is 1. The van der Waals surface area contributed by atoms with E-state index in [1.54, 1.807) is 6.07 Å². The van der Waals surface area contributed by atoms with Crippen LogP contribution in [0.5, 0.6) is 0 Å². The average molecular weight is 338 g/mol. The first-order valence-corrected chi connectivity index (χ1v) is 7.05. The second kappa shape index (κ2) is 6.52. The molecule has 2 rings (SSSR count). The molecule has 0 radical (unpaired) electrons. The van der Waals surface area contributed by atoms with Crippen molar-refractivity contribution in [1.29, 1.82) is 0 Å². The molecule has 1 amide bonds. The molecule has 3 N–H and O–H groups in total. The van der Waals surface area contributed by atoms with Gasteiger partial charge in [-0.3, -0.25) is 4.79 Å². The molecular weight excluding hydrogens is 319 g/mol. The number of halogens is 3. The Hall–Kier alpha value is -0.480. The van der Waals surface area contributed by atoms with Gasteiger partial charge in [0.15, 0.2) is 0 Å². The zero-order valence-corrected chi connectivity index (χ0v) is 13.8. The summed E-state index contributed by atoms with van der Waals surface area (Å²) in [6.07, 6.45) is 0.856. The number of rotatable bonds is 4. The van der Waals surface area contributed by atoms with Gasteiger partial charge in [-0.25, -0.2) is 0 Å². The fourth-order valence-corrected chi connectivity index (χ4v) is 2.35. The third-order valence-electron chi connectivity index (χ3n) is 3.22. The van der Waals surface area contributed by atoms with Crippen LogP contribution in [-0.4, -0.2) is 18.0 Å². The van der Waals surface area contributed by atoms with Crippen molar-refractivity contribution >= 4 is 41.5 Å². The largest absolute Gasteiger partial charge is 0.354 e. The van der Waals surface area contributed by atoms with E-state index in [4.69, 9.17) is 28.9 Å². The zero-order valence-electron chi connectivity index (χ0n) is 11.5. The highest BCUT2D eigenvalue weighted by Gasteiger charge is 2.44. The number of hydrogen-bond donors (Lipinski definition) is 2. The van der Waals surface area contributed by atoms with E-state index in [0.29, 0.717) is 16.6 Å². The van der Waals surface area contributed by atoms with Crippen LogP contribution in [0.3, 0.4) is 0 Å². The summed E-state index contributed by atoms with van der Waals surface area (Å²) in [6, 6.07) is 5.54. The standard InChI is InChI=1S/C14H18Cl2N2O.ClH/c1-14(2,17)7-18-13(19)10-6-9(10)8-3-4-11(15)12(16)5-8;/h3-5,9-10H,6-7,17H2,1-2H3,(H,18,19);1H. The lowest BCUT2D eigenvalue weighted by molar-refractivity contribution is -0.122. The summed E-state index contributed by atoms with van der Waals surface area (Å²) in [5.74, 6) is 0.338. The van der Waals surface area contributed by atoms with Crippen molar-refractivity contribution in [2.75, 3.05) is 6.54 Å². The van der Waals surface area contributed by atoms with Crippen LogP contribution in [-0.2, 0) is 4.79 Å². The van der Waals surface area contributed by atoms with E-state index in [1.165, 1.54) is 0 Å². The molecule has 0 aliphatic heterocycles. The Kier molecular flexibility index (Phi) is 5.73. The fraction of sp³-hybridized carbons (Fsp3) is 0.500. The van der Waals surface area contributed by atoms with Crippen molar-refractivity contribution in [3.8, 4) is 0 Å². The maximum Gasteiger partial charge on any atom is 0.223 e. The maximum atomic E-state index is 12.0. The van der Waals surface area contributed by atoms with Crippen LogP contribution < -0.4 is 11.1 Å². The van der Waals surface area contributed by atoms with Gasteiger partial charge < -0.3 is 11.1 Å². The van der Waals surface area contributed by atoms with Crippen molar-refractivity contribution in [1.82, 2.24) is 5.32 Å². The molecule has 0 heterocycles. The smallest absolute Gasteiger partial charge is 0.223 e. The van der Waals surface area contributed by atoms with Gasteiger partial charge in [0.05, 0.1) is 10.0 Å². The number of amides is 1. The Bertz CT molecular complexity index is 500. The van der Waals surface area contributed by atoms with Crippen molar-refractivity contribution in [2.24, 2.45) is 11.7 Å². The molecule has 1 aromatic carbocycles. The van der Waals surface area contributed by atoms with Crippen LogP contribution in [0.2, 0.25) is 10.0 Å². The van der Waals surface area contributed by atoms with E-state index < -0.39 is 0 Å². The second-order valence-corrected chi connectivity index (χ2v) is 6.64. The predicted octanol–water partition coefficient (Wildman–Crippen LogP) is 3.37. The number of carbonyl (C=O) groups excluding carboxylic acids is 1. The van der Waals surface area contributed by atoms with Crippen LogP contribution in [0.4, 0.5) is 0 Å². The number of nitrogens with one attached hydrogen (secondary N) is 1. The molecule has 2 unspecified atom stereocenters. The first-order chi connectivity index (χ1) is 8.78. The van der Waals surface area contributed by atoms with Crippen LogP contribution in [0.15, 0.2) is 18.2 Å². The monoisotopic (exact) mass is 336 g/mol.